The molecule has 0 unspecified atom stereocenters. The molecule has 5 rings (SSSR count). The minimum atomic E-state index is -0.543. The molecule has 0 bridgehead atoms. The molecule has 1 N–H and O–H groups in total. The number of aromatic amines is 1. The summed E-state index contributed by atoms with van der Waals surface area (Å²) in [6.07, 6.45) is 1.28. The quantitative estimate of drug-likeness (QED) is 0.459. The molecule has 4 heterocycles. The number of carbonyl (C=O) groups excluding carboxylic acids is 2. The summed E-state index contributed by atoms with van der Waals surface area (Å²) < 4.78 is 18.5. The van der Waals surface area contributed by atoms with Crippen molar-refractivity contribution in [2.45, 2.75) is 39.2 Å². The van der Waals surface area contributed by atoms with Crippen molar-refractivity contribution in [3.8, 4) is 5.75 Å². The molecular formula is C28H36N6O5. The predicted molar refractivity (Wildman–Crippen MR) is 145 cm³/mol. The number of nitrogens with one attached hydrogen (secondary N) is 1. The molecule has 11 heteroatoms. The van der Waals surface area contributed by atoms with E-state index >= 15 is 0 Å². The van der Waals surface area contributed by atoms with Gasteiger partial charge < -0.3 is 24.1 Å². The number of morpholine rings is 1. The molecule has 11 nitrogen and oxygen atoms in total. The van der Waals surface area contributed by atoms with Gasteiger partial charge in [-0.2, -0.15) is 0 Å². The van der Waals surface area contributed by atoms with Gasteiger partial charge >= 0.3 is 5.97 Å². The van der Waals surface area contributed by atoms with Gasteiger partial charge in [0.15, 0.2) is 5.65 Å². The first-order valence-corrected chi connectivity index (χ1v) is 13.3. The average Bonchev–Trinajstić information content (AvgIpc) is 3.43. The number of esters is 1. The summed E-state index contributed by atoms with van der Waals surface area (Å²) in [6.45, 7) is 12.7. The number of amides is 1. The number of rotatable bonds is 7. The Labute approximate surface area is 227 Å². The number of hydrogen-bond acceptors (Lipinski definition) is 8. The fourth-order valence-electron chi connectivity index (χ4n) is 5.14. The number of aryl methyl sites for hydroxylation is 1. The zero-order valence-corrected chi connectivity index (χ0v) is 23.2. The third kappa shape index (κ3) is 5.55. The molecule has 2 aromatic heterocycles. The van der Waals surface area contributed by atoms with Gasteiger partial charge in [0.1, 0.15) is 17.9 Å². The summed E-state index contributed by atoms with van der Waals surface area (Å²) in [5, 5.41) is 8.49. The molecule has 208 valence electrons. The molecule has 2 aliphatic rings. The van der Waals surface area contributed by atoms with E-state index in [1.165, 1.54) is 0 Å². The van der Waals surface area contributed by atoms with Crippen LogP contribution in [0.5, 0.6) is 5.75 Å². The van der Waals surface area contributed by atoms with Gasteiger partial charge in [-0.25, -0.2) is 9.48 Å². The van der Waals surface area contributed by atoms with Crippen molar-refractivity contribution in [2.24, 2.45) is 7.05 Å². The summed E-state index contributed by atoms with van der Waals surface area (Å²) in [5.41, 5.74) is 3.04. The Kier molecular flexibility index (Phi) is 7.46. The van der Waals surface area contributed by atoms with Crippen LogP contribution in [0.2, 0.25) is 0 Å². The number of hydrogen-bond donors (Lipinski definition) is 1. The van der Waals surface area contributed by atoms with Crippen molar-refractivity contribution < 1.29 is 23.8 Å². The first kappa shape index (κ1) is 26.9. The van der Waals surface area contributed by atoms with Crippen molar-refractivity contribution in [3.63, 3.8) is 0 Å². The number of benzene rings is 1. The number of fused-ring (bicyclic) bond motifs is 3. The Balaban J connectivity index is 1.39. The van der Waals surface area contributed by atoms with Crippen molar-refractivity contribution in [1.82, 2.24) is 29.8 Å². The van der Waals surface area contributed by atoms with Crippen LogP contribution in [-0.2, 0) is 26.7 Å². The lowest BCUT2D eigenvalue weighted by molar-refractivity contribution is -0.140. The van der Waals surface area contributed by atoms with E-state index in [2.05, 4.69) is 20.2 Å². The number of ether oxygens (including phenoxy) is 3. The van der Waals surface area contributed by atoms with Crippen LogP contribution < -0.4 is 4.74 Å². The van der Waals surface area contributed by atoms with Crippen molar-refractivity contribution >= 4 is 28.6 Å². The number of aromatic nitrogens is 4. The molecule has 3 aromatic rings. The molecular weight excluding hydrogens is 500 g/mol. The van der Waals surface area contributed by atoms with Gasteiger partial charge in [0.25, 0.3) is 5.91 Å². The standard InChI is InChI=1S/C28H36N6O5/c1-18(2)39-27(36)21-16-34(17-28(3,4)22-23(21)29-25-24(22)30-31-32(25)5)26(35)19-6-8-20(9-7-19)38-15-12-33-10-13-37-14-11-33/h6-9,16,18,29H,10-15,17H2,1-5H3. The lowest BCUT2D eigenvalue weighted by atomic mass is 9.83. The van der Waals surface area contributed by atoms with Gasteiger partial charge in [0, 0.05) is 56.0 Å². The third-order valence-electron chi connectivity index (χ3n) is 7.06. The van der Waals surface area contributed by atoms with Crippen LogP contribution in [0.25, 0.3) is 16.7 Å². The Bertz CT molecular complexity index is 1380. The van der Waals surface area contributed by atoms with E-state index in [-0.39, 0.29) is 17.6 Å². The average molecular weight is 537 g/mol. The Morgan fingerprint density at radius 3 is 2.56 bits per heavy atom. The van der Waals surface area contributed by atoms with Gasteiger partial charge in [-0.15, -0.1) is 5.10 Å². The zero-order valence-electron chi connectivity index (χ0n) is 23.2. The minimum Gasteiger partial charge on any atom is -0.492 e. The van der Waals surface area contributed by atoms with Crippen LogP contribution in [0.15, 0.2) is 30.5 Å². The fraction of sp³-hybridized carbons (Fsp3) is 0.500. The normalized spacial score (nSPS) is 17.6. The van der Waals surface area contributed by atoms with Gasteiger partial charge in [-0.05, 0) is 38.1 Å². The number of nitrogens with zero attached hydrogens (tertiary/aromatic N) is 5. The summed E-state index contributed by atoms with van der Waals surface area (Å²) in [6, 6.07) is 7.12. The Morgan fingerprint density at radius 1 is 1.15 bits per heavy atom. The number of carbonyl (C=O) groups is 2. The van der Waals surface area contributed by atoms with Crippen LogP contribution >= 0.6 is 0 Å². The molecule has 1 amide bonds. The maximum Gasteiger partial charge on any atom is 0.342 e. The SMILES string of the molecule is CC(C)OC(=O)C1=CN(C(=O)c2ccc(OCCN3CCOCC3)cc2)CC(C)(C)c2c1[nH]c1c2nnn1C. The van der Waals surface area contributed by atoms with Crippen molar-refractivity contribution in [3.05, 3.63) is 47.3 Å². The second kappa shape index (κ2) is 10.8. The molecule has 0 saturated carbocycles. The number of H-pyrrole nitrogens is 1. The van der Waals surface area contributed by atoms with Gasteiger partial charge in [-0.3, -0.25) is 9.69 Å². The van der Waals surface area contributed by atoms with E-state index in [9.17, 15) is 9.59 Å². The zero-order chi connectivity index (χ0) is 27.7. The molecule has 0 atom stereocenters. The fourth-order valence-corrected chi connectivity index (χ4v) is 5.14. The second-order valence-corrected chi connectivity index (χ2v) is 10.9. The van der Waals surface area contributed by atoms with Crippen molar-refractivity contribution in [1.29, 1.82) is 0 Å². The highest BCUT2D eigenvalue weighted by Gasteiger charge is 2.39. The summed E-state index contributed by atoms with van der Waals surface area (Å²) in [5.74, 6) is -0.0311. The Morgan fingerprint density at radius 2 is 1.87 bits per heavy atom. The monoisotopic (exact) mass is 536 g/mol. The van der Waals surface area contributed by atoms with Crippen LogP contribution in [0.3, 0.4) is 0 Å². The highest BCUT2D eigenvalue weighted by Crippen LogP contribution is 2.39. The highest BCUT2D eigenvalue weighted by atomic mass is 16.5. The predicted octanol–water partition coefficient (Wildman–Crippen LogP) is 2.73. The molecule has 0 aliphatic carbocycles. The minimum absolute atomic E-state index is 0.224. The lowest BCUT2D eigenvalue weighted by Crippen LogP contribution is -2.38. The summed E-state index contributed by atoms with van der Waals surface area (Å²) in [7, 11) is 1.79. The Hall–Kier alpha value is -3.70. The molecule has 0 radical (unpaired) electrons. The largest absolute Gasteiger partial charge is 0.492 e. The first-order valence-electron chi connectivity index (χ1n) is 13.3. The first-order chi connectivity index (χ1) is 18.6. The molecule has 1 fully saturated rings. The van der Waals surface area contributed by atoms with Crippen molar-refractivity contribution in [2.75, 3.05) is 46.0 Å². The van der Waals surface area contributed by atoms with Gasteiger partial charge in [0.05, 0.1) is 30.6 Å². The molecule has 1 saturated heterocycles. The van der Waals surface area contributed by atoms with Gasteiger partial charge in [0.2, 0.25) is 0 Å². The van der Waals surface area contributed by atoms with Crippen LogP contribution in [0, 0.1) is 0 Å². The van der Waals surface area contributed by atoms with E-state index in [1.54, 1.807) is 60.9 Å². The molecule has 2 aliphatic heterocycles. The van der Waals surface area contributed by atoms with E-state index in [4.69, 9.17) is 14.2 Å². The maximum atomic E-state index is 13.7. The third-order valence-corrected chi connectivity index (χ3v) is 7.06. The van der Waals surface area contributed by atoms with E-state index < -0.39 is 11.4 Å². The summed E-state index contributed by atoms with van der Waals surface area (Å²) in [4.78, 5) is 34.2. The van der Waals surface area contributed by atoms with E-state index in [1.807, 2.05) is 13.8 Å². The van der Waals surface area contributed by atoms with Crippen LogP contribution in [0.4, 0.5) is 0 Å². The van der Waals surface area contributed by atoms with Crippen LogP contribution in [0.1, 0.15) is 49.3 Å². The van der Waals surface area contributed by atoms with Crippen LogP contribution in [-0.4, -0.2) is 93.8 Å². The summed E-state index contributed by atoms with van der Waals surface area (Å²) >= 11 is 0. The van der Waals surface area contributed by atoms with Gasteiger partial charge in [-0.1, -0.05) is 19.1 Å². The highest BCUT2D eigenvalue weighted by molar-refractivity contribution is 6.18. The smallest absolute Gasteiger partial charge is 0.342 e. The molecule has 1 aromatic carbocycles. The maximum absolute atomic E-state index is 13.7. The van der Waals surface area contributed by atoms with E-state index in [0.717, 1.165) is 38.4 Å². The second-order valence-electron chi connectivity index (χ2n) is 10.9. The topological polar surface area (TPSA) is 115 Å². The molecule has 0 spiro atoms. The van der Waals surface area contributed by atoms with E-state index in [0.29, 0.717) is 41.3 Å². The lowest BCUT2D eigenvalue weighted by Gasteiger charge is -2.29. The molecule has 39 heavy (non-hydrogen) atoms.